The molecule has 0 saturated heterocycles. The first kappa shape index (κ1) is 6.85. The maximum absolute atomic E-state index is 12.6. The number of fused-ring (bicyclic) bond motifs is 1. The van der Waals surface area contributed by atoms with Crippen LogP contribution in [-0.4, -0.2) is 4.98 Å². The Balaban J connectivity index is 2.90. The van der Waals surface area contributed by atoms with Crippen molar-refractivity contribution in [2.75, 3.05) is 0 Å². The molecule has 0 aliphatic rings. The molecule has 56 valence electrons. The van der Waals surface area contributed by atoms with Crippen molar-refractivity contribution in [3.05, 3.63) is 34.7 Å². The van der Waals surface area contributed by atoms with E-state index in [1.165, 1.54) is 6.07 Å². The van der Waals surface area contributed by atoms with Crippen LogP contribution < -0.4 is 0 Å². The van der Waals surface area contributed by atoms with Gasteiger partial charge in [0, 0.05) is 21.4 Å². The van der Waals surface area contributed by atoms with Gasteiger partial charge in [0.25, 0.3) is 0 Å². The zero-order valence-corrected chi connectivity index (χ0v) is 7.15. The average molecular weight is 214 g/mol. The Morgan fingerprint density at radius 1 is 1.36 bits per heavy atom. The van der Waals surface area contributed by atoms with Crippen molar-refractivity contribution in [3.63, 3.8) is 0 Å². The van der Waals surface area contributed by atoms with Gasteiger partial charge in [-0.2, -0.15) is 4.39 Å². The molecular formula is C8H5BrFN. The Morgan fingerprint density at radius 3 is 2.91 bits per heavy atom. The smallest absolute Gasteiger partial charge is 0.192 e. The van der Waals surface area contributed by atoms with Crippen LogP contribution in [-0.2, 0) is 0 Å². The summed E-state index contributed by atoms with van der Waals surface area (Å²) in [6.07, 6.45) is 0. The number of rotatable bonds is 0. The highest BCUT2D eigenvalue weighted by Crippen LogP contribution is 2.23. The van der Waals surface area contributed by atoms with Crippen LogP contribution in [0.1, 0.15) is 0 Å². The number of aromatic amines is 1. The van der Waals surface area contributed by atoms with Crippen LogP contribution in [0.4, 0.5) is 4.39 Å². The monoisotopic (exact) mass is 213 g/mol. The van der Waals surface area contributed by atoms with Gasteiger partial charge in [-0.3, -0.25) is 0 Å². The van der Waals surface area contributed by atoms with Gasteiger partial charge >= 0.3 is 0 Å². The van der Waals surface area contributed by atoms with Crippen molar-refractivity contribution in [1.82, 2.24) is 4.98 Å². The van der Waals surface area contributed by atoms with E-state index in [0.717, 1.165) is 15.4 Å². The average Bonchev–Trinajstić information content (AvgIpc) is 2.31. The van der Waals surface area contributed by atoms with E-state index in [1.54, 1.807) is 0 Å². The van der Waals surface area contributed by atoms with Gasteiger partial charge in [0.15, 0.2) is 5.95 Å². The molecule has 2 rings (SSSR count). The normalized spacial score (nSPS) is 10.7. The highest BCUT2D eigenvalue weighted by atomic mass is 79.9. The lowest BCUT2D eigenvalue weighted by Gasteiger charge is -1.89. The molecule has 0 fully saturated rings. The molecule has 0 amide bonds. The molecule has 0 aliphatic carbocycles. The fourth-order valence-electron chi connectivity index (χ4n) is 1.08. The van der Waals surface area contributed by atoms with E-state index >= 15 is 0 Å². The molecule has 1 N–H and O–H groups in total. The van der Waals surface area contributed by atoms with Gasteiger partial charge in [-0.05, 0) is 12.1 Å². The molecule has 0 atom stereocenters. The lowest BCUT2D eigenvalue weighted by atomic mass is 10.3. The number of halogens is 2. The van der Waals surface area contributed by atoms with E-state index in [-0.39, 0.29) is 5.95 Å². The summed E-state index contributed by atoms with van der Waals surface area (Å²) in [5.41, 5.74) is 0.817. The fraction of sp³-hybridized carbons (Fsp3) is 0. The number of H-pyrrole nitrogens is 1. The van der Waals surface area contributed by atoms with Crippen LogP contribution >= 0.6 is 15.9 Å². The second-order valence-electron chi connectivity index (χ2n) is 2.32. The molecule has 0 saturated carbocycles. The van der Waals surface area contributed by atoms with E-state index in [4.69, 9.17) is 0 Å². The largest absolute Gasteiger partial charge is 0.331 e. The van der Waals surface area contributed by atoms with Crippen LogP contribution in [0.25, 0.3) is 10.9 Å². The summed E-state index contributed by atoms with van der Waals surface area (Å²) in [5, 5.41) is 0.880. The quantitative estimate of drug-likeness (QED) is 0.693. The zero-order chi connectivity index (χ0) is 7.84. The molecule has 0 radical (unpaired) electrons. The van der Waals surface area contributed by atoms with Crippen LogP contribution in [0.2, 0.25) is 0 Å². The number of nitrogens with one attached hydrogen (secondary N) is 1. The predicted molar refractivity (Wildman–Crippen MR) is 46.0 cm³/mol. The van der Waals surface area contributed by atoms with Crippen molar-refractivity contribution < 1.29 is 4.39 Å². The second-order valence-corrected chi connectivity index (χ2v) is 3.17. The number of benzene rings is 1. The van der Waals surface area contributed by atoms with Gasteiger partial charge in [0.1, 0.15) is 0 Å². The predicted octanol–water partition coefficient (Wildman–Crippen LogP) is 3.07. The van der Waals surface area contributed by atoms with Crippen molar-refractivity contribution in [2.45, 2.75) is 0 Å². The summed E-state index contributed by atoms with van der Waals surface area (Å²) in [5.74, 6) is -0.299. The van der Waals surface area contributed by atoms with Gasteiger partial charge in [0.2, 0.25) is 0 Å². The molecule has 0 aliphatic heterocycles. The van der Waals surface area contributed by atoms with Gasteiger partial charge in [0.05, 0.1) is 0 Å². The van der Waals surface area contributed by atoms with Crippen molar-refractivity contribution in [3.8, 4) is 0 Å². The molecule has 0 spiro atoms. The van der Waals surface area contributed by atoms with E-state index in [0.29, 0.717) is 0 Å². The maximum atomic E-state index is 12.6. The first-order chi connectivity index (χ1) is 5.27. The fourth-order valence-corrected chi connectivity index (χ4v) is 1.56. The van der Waals surface area contributed by atoms with Crippen LogP contribution in [0.15, 0.2) is 28.7 Å². The summed E-state index contributed by atoms with van der Waals surface area (Å²) >= 11 is 3.32. The topological polar surface area (TPSA) is 15.8 Å². The molecule has 1 aromatic heterocycles. The Hall–Kier alpha value is -0.830. The Kier molecular flexibility index (Phi) is 1.46. The van der Waals surface area contributed by atoms with Crippen molar-refractivity contribution in [2.24, 2.45) is 0 Å². The molecule has 1 aromatic carbocycles. The summed E-state index contributed by atoms with van der Waals surface area (Å²) in [4.78, 5) is 2.60. The zero-order valence-electron chi connectivity index (χ0n) is 5.57. The SMILES string of the molecule is Fc1cc2c(Br)cccc2[nH]1. The van der Waals surface area contributed by atoms with Crippen LogP contribution in [0, 0.1) is 5.95 Å². The Bertz CT molecular complexity index is 394. The summed E-state index contributed by atoms with van der Waals surface area (Å²) < 4.78 is 13.5. The lowest BCUT2D eigenvalue weighted by molar-refractivity contribution is 0.595. The molecular weight excluding hydrogens is 209 g/mol. The Morgan fingerprint density at radius 2 is 2.18 bits per heavy atom. The molecule has 0 bridgehead atoms. The molecule has 2 aromatic rings. The summed E-state index contributed by atoms with van der Waals surface area (Å²) in [6.45, 7) is 0. The third kappa shape index (κ3) is 1.05. The van der Waals surface area contributed by atoms with Gasteiger partial charge < -0.3 is 4.98 Å². The van der Waals surface area contributed by atoms with E-state index in [2.05, 4.69) is 20.9 Å². The van der Waals surface area contributed by atoms with Crippen LogP contribution in [0.3, 0.4) is 0 Å². The number of hydrogen-bond acceptors (Lipinski definition) is 0. The Labute approximate surface area is 71.4 Å². The minimum absolute atomic E-state index is 0.299. The number of aromatic nitrogens is 1. The van der Waals surface area contributed by atoms with Gasteiger partial charge in [-0.1, -0.05) is 22.0 Å². The highest BCUT2D eigenvalue weighted by Gasteiger charge is 2.01. The number of hydrogen-bond donors (Lipinski definition) is 1. The third-order valence-electron chi connectivity index (χ3n) is 1.58. The second kappa shape index (κ2) is 2.34. The minimum Gasteiger partial charge on any atom is -0.331 e. The first-order valence-corrected chi connectivity index (χ1v) is 3.99. The summed E-state index contributed by atoms with van der Waals surface area (Å²) in [6, 6.07) is 7.06. The van der Waals surface area contributed by atoms with Crippen molar-refractivity contribution >= 4 is 26.8 Å². The first-order valence-electron chi connectivity index (χ1n) is 3.20. The van der Waals surface area contributed by atoms with Crippen molar-refractivity contribution in [1.29, 1.82) is 0 Å². The lowest BCUT2D eigenvalue weighted by Crippen LogP contribution is -1.68. The minimum atomic E-state index is -0.299. The molecule has 11 heavy (non-hydrogen) atoms. The standard InChI is InChI=1S/C8H5BrFN/c9-6-2-1-3-7-5(6)4-8(10)11-7/h1-4,11H. The molecule has 1 nitrogen and oxygen atoms in total. The molecule has 3 heteroatoms. The summed E-state index contributed by atoms with van der Waals surface area (Å²) in [7, 11) is 0. The van der Waals surface area contributed by atoms with E-state index < -0.39 is 0 Å². The maximum Gasteiger partial charge on any atom is 0.192 e. The van der Waals surface area contributed by atoms with E-state index in [1.807, 2.05) is 18.2 Å². The van der Waals surface area contributed by atoms with E-state index in [9.17, 15) is 4.39 Å². The molecule has 1 heterocycles. The van der Waals surface area contributed by atoms with Crippen LogP contribution in [0.5, 0.6) is 0 Å². The van der Waals surface area contributed by atoms with Gasteiger partial charge in [-0.15, -0.1) is 0 Å². The molecule has 0 unspecified atom stereocenters. The van der Waals surface area contributed by atoms with Gasteiger partial charge in [-0.25, -0.2) is 0 Å². The third-order valence-corrected chi connectivity index (χ3v) is 2.27. The highest BCUT2D eigenvalue weighted by molar-refractivity contribution is 9.10.